The summed E-state index contributed by atoms with van der Waals surface area (Å²) in [5, 5.41) is 2.64. The minimum absolute atomic E-state index is 0.0165. The summed E-state index contributed by atoms with van der Waals surface area (Å²) in [5.41, 5.74) is 5.67. The van der Waals surface area contributed by atoms with Crippen molar-refractivity contribution in [2.24, 2.45) is 5.73 Å². The topological polar surface area (TPSA) is 72.2 Å². The number of carbonyl (C=O) groups excluding carboxylic acids is 2. The third kappa shape index (κ3) is 16.7. The van der Waals surface area contributed by atoms with Gasteiger partial charge in [-0.05, 0) is 24.8 Å². The predicted octanol–water partition coefficient (Wildman–Crippen LogP) is 4.44. The number of carbonyl (C=O) groups is 2. The Labute approximate surface area is 157 Å². The van der Waals surface area contributed by atoms with Gasteiger partial charge in [0.2, 0.25) is 11.8 Å². The first-order chi connectivity index (χ1) is 12.5. The van der Waals surface area contributed by atoms with Crippen LogP contribution in [0.15, 0.2) is 42.2 Å². The van der Waals surface area contributed by atoms with Gasteiger partial charge in [-0.1, -0.05) is 69.0 Å². The van der Waals surface area contributed by atoms with Crippen molar-refractivity contribution in [1.82, 2.24) is 5.32 Å². The Morgan fingerprint density at radius 3 is 2.35 bits per heavy atom. The molecule has 0 atom stereocenters. The molecule has 0 spiro atoms. The first-order valence-corrected chi connectivity index (χ1v) is 9.36. The molecule has 0 saturated carbocycles. The quantitative estimate of drug-likeness (QED) is 0.570. The molecule has 0 fully saturated rings. The fourth-order valence-corrected chi connectivity index (χ4v) is 2.27. The van der Waals surface area contributed by atoms with Gasteiger partial charge in [0.1, 0.15) is 5.83 Å². The largest absolute Gasteiger partial charge is 0.370 e. The zero-order chi connectivity index (χ0) is 19.6. The van der Waals surface area contributed by atoms with E-state index in [1.165, 1.54) is 31.7 Å². The van der Waals surface area contributed by atoms with Crippen molar-refractivity contribution in [3.05, 3.63) is 47.8 Å². The van der Waals surface area contributed by atoms with Crippen LogP contribution in [0.3, 0.4) is 0 Å². The molecule has 4 nitrogen and oxygen atoms in total. The van der Waals surface area contributed by atoms with E-state index in [-0.39, 0.29) is 24.2 Å². The number of nitrogens with two attached hydrogens (primary N) is 1. The molecule has 0 unspecified atom stereocenters. The molecule has 0 aromatic heterocycles. The molecule has 0 saturated heterocycles. The molecule has 0 heterocycles. The summed E-state index contributed by atoms with van der Waals surface area (Å²) >= 11 is 0. The number of primary amides is 1. The lowest BCUT2D eigenvalue weighted by Crippen LogP contribution is -2.24. The third-order valence-electron chi connectivity index (χ3n) is 3.60. The van der Waals surface area contributed by atoms with Crippen LogP contribution < -0.4 is 11.1 Å². The van der Waals surface area contributed by atoms with Crippen LogP contribution in [-0.4, -0.2) is 18.4 Å². The number of hydrogen-bond donors (Lipinski definition) is 2. The van der Waals surface area contributed by atoms with Crippen LogP contribution in [-0.2, 0) is 16.0 Å². The van der Waals surface area contributed by atoms with Crippen molar-refractivity contribution in [3.8, 4) is 0 Å². The summed E-state index contributed by atoms with van der Waals surface area (Å²) < 4.78 is 13.6. The zero-order valence-electron chi connectivity index (χ0n) is 16.1. The maximum Gasteiger partial charge on any atom is 0.220 e. The molecule has 0 aliphatic heterocycles. The number of aryl methyl sites for hydroxylation is 1. The summed E-state index contributed by atoms with van der Waals surface area (Å²) in [6.45, 7) is 3.49. The molecule has 146 valence electrons. The molecule has 0 bridgehead atoms. The van der Waals surface area contributed by atoms with Gasteiger partial charge in [-0.3, -0.25) is 9.59 Å². The highest BCUT2D eigenvalue weighted by Gasteiger charge is 2.02. The highest BCUT2D eigenvalue weighted by molar-refractivity contribution is 5.76. The van der Waals surface area contributed by atoms with Crippen molar-refractivity contribution in [2.75, 3.05) is 6.54 Å². The number of amides is 2. The Morgan fingerprint density at radius 2 is 1.73 bits per heavy atom. The minimum Gasteiger partial charge on any atom is -0.370 e. The van der Waals surface area contributed by atoms with Gasteiger partial charge in [-0.25, -0.2) is 4.39 Å². The Bertz CT molecular complexity index is 526. The van der Waals surface area contributed by atoms with Crippen molar-refractivity contribution in [2.45, 2.75) is 65.2 Å². The Morgan fingerprint density at radius 1 is 1.12 bits per heavy atom. The number of halogens is 1. The van der Waals surface area contributed by atoms with Crippen molar-refractivity contribution >= 4 is 11.8 Å². The smallest absolute Gasteiger partial charge is 0.220 e. The molecule has 1 aromatic rings. The first-order valence-electron chi connectivity index (χ1n) is 9.36. The SMILES string of the molecule is CC(N)=O.CCCCCCCC(=O)NC/C(F)=C\CCc1ccccc1. The predicted molar refractivity (Wildman–Crippen MR) is 105 cm³/mol. The van der Waals surface area contributed by atoms with E-state index in [4.69, 9.17) is 0 Å². The number of allylic oxidation sites excluding steroid dienone is 1. The number of unbranched alkanes of at least 4 members (excludes halogenated alkanes) is 4. The second-order valence-electron chi connectivity index (χ2n) is 6.23. The van der Waals surface area contributed by atoms with Crippen LogP contribution in [0, 0.1) is 0 Å². The second kappa shape index (κ2) is 16.3. The number of hydrogen-bond acceptors (Lipinski definition) is 2. The number of benzene rings is 1. The van der Waals surface area contributed by atoms with Crippen molar-refractivity contribution in [1.29, 1.82) is 0 Å². The Balaban J connectivity index is 0.00000141. The van der Waals surface area contributed by atoms with Gasteiger partial charge in [0.05, 0.1) is 6.54 Å². The van der Waals surface area contributed by atoms with Crippen LogP contribution in [0.1, 0.15) is 64.4 Å². The molecule has 0 radical (unpaired) electrons. The van der Waals surface area contributed by atoms with Crippen LogP contribution in [0.2, 0.25) is 0 Å². The van der Waals surface area contributed by atoms with Gasteiger partial charge in [0.15, 0.2) is 0 Å². The average molecular weight is 365 g/mol. The van der Waals surface area contributed by atoms with Crippen molar-refractivity contribution < 1.29 is 14.0 Å². The standard InChI is InChI=1S/C19H28FNO.C2H5NO/c1-2-3-4-5-9-15-19(22)21-16-18(20)14-10-13-17-11-7-6-8-12-17;1-2(3)4/h6-8,11-12,14H,2-5,9-10,13,15-16H2,1H3,(H,21,22);1H3,(H2,3,4)/b18-14+;. The van der Waals surface area contributed by atoms with Crippen molar-refractivity contribution in [3.63, 3.8) is 0 Å². The molecule has 1 rings (SSSR count). The van der Waals surface area contributed by atoms with Crippen LogP contribution in [0.5, 0.6) is 0 Å². The van der Waals surface area contributed by atoms with E-state index >= 15 is 0 Å². The summed E-state index contributed by atoms with van der Waals surface area (Å²) in [6.07, 6.45) is 9.11. The molecule has 0 aliphatic rings. The molecule has 0 aliphatic carbocycles. The van der Waals surface area contributed by atoms with E-state index < -0.39 is 0 Å². The fourth-order valence-electron chi connectivity index (χ4n) is 2.27. The number of nitrogens with one attached hydrogen (secondary N) is 1. The fraction of sp³-hybridized carbons (Fsp3) is 0.524. The van der Waals surface area contributed by atoms with Gasteiger partial charge in [-0.15, -0.1) is 0 Å². The monoisotopic (exact) mass is 364 g/mol. The van der Waals surface area contributed by atoms with Crippen LogP contribution in [0.4, 0.5) is 4.39 Å². The maximum absolute atomic E-state index is 13.6. The van der Waals surface area contributed by atoms with E-state index in [2.05, 4.69) is 18.0 Å². The lowest BCUT2D eigenvalue weighted by Gasteiger charge is -2.04. The minimum atomic E-state index is -0.333. The van der Waals surface area contributed by atoms with E-state index in [0.29, 0.717) is 12.8 Å². The van der Waals surface area contributed by atoms with Gasteiger partial charge in [-0.2, -0.15) is 0 Å². The van der Waals surface area contributed by atoms with E-state index in [9.17, 15) is 14.0 Å². The Hall–Kier alpha value is -2.17. The lowest BCUT2D eigenvalue weighted by molar-refractivity contribution is -0.121. The molecular formula is C21H33FN2O2. The first kappa shape index (κ1) is 23.8. The number of rotatable bonds is 11. The molecule has 2 amide bonds. The third-order valence-corrected chi connectivity index (χ3v) is 3.60. The van der Waals surface area contributed by atoms with Crippen LogP contribution >= 0.6 is 0 Å². The maximum atomic E-state index is 13.6. The molecule has 26 heavy (non-hydrogen) atoms. The highest BCUT2D eigenvalue weighted by atomic mass is 19.1. The van der Waals surface area contributed by atoms with E-state index in [0.717, 1.165) is 19.3 Å². The summed E-state index contributed by atoms with van der Waals surface area (Å²) in [4.78, 5) is 20.8. The summed E-state index contributed by atoms with van der Waals surface area (Å²) in [5.74, 6) is -0.640. The average Bonchev–Trinajstić information content (AvgIpc) is 2.60. The van der Waals surface area contributed by atoms with Gasteiger partial charge < -0.3 is 11.1 Å². The Kier molecular flexibility index (Phi) is 14.9. The molecule has 3 N–H and O–H groups in total. The van der Waals surface area contributed by atoms with E-state index in [1.807, 2.05) is 30.3 Å². The van der Waals surface area contributed by atoms with Gasteiger partial charge >= 0.3 is 0 Å². The van der Waals surface area contributed by atoms with Gasteiger partial charge in [0.25, 0.3) is 0 Å². The van der Waals surface area contributed by atoms with E-state index in [1.54, 1.807) is 6.08 Å². The molecular weight excluding hydrogens is 331 g/mol. The lowest BCUT2D eigenvalue weighted by atomic mass is 10.1. The summed E-state index contributed by atoms with van der Waals surface area (Å²) in [7, 11) is 0. The highest BCUT2D eigenvalue weighted by Crippen LogP contribution is 2.07. The molecule has 5 heteroatoms. The van der Waals surface area contributed by atoms with Gasteiger partial charge in [0, 0.05) is 13.3 Å². The zero-order valence-corrected chi connectivity index (χ0v) is 16.1. The second-order valence-corrected chi connectivity index (χ2v) is 6.23. The molecule has 1 aromatic carbocycles. The van der Waals surface area contributed by atoms with Crippen LogP contribution in [0.25, 0.3) is 0 Å². The summed E-state index contributed by atoms with van der Waals surface area (Å²) in [6, 6.07) is 10.0. The normalized spacial score (nSPS) is 10.7.